The van der Waals surface area contributed by atoms with Gasteiger partial charge in [-0.05, 0) is 31.5 Å². The third-order valence-corrected chi connectivity index (χ3v) is 5.24. The molecule has 0 amide bonds. The van der Waals surface area contributed by atoms with Gasteiger partial charge in [0.25, 0.3) is 0 Å². The van der Waals surface area contributed by atoms with E-state index in [-0.39, 0.29) is 16.8 Å². The van der Waals surface area contributed by atoms with Gasteiger partial charge in [0.2, 0.25) is 10.0 Å². The minimum atomic E-state index is -3.43. The van der Waals surface area contributed by atoms with E-state index in [1.807, 2.05) is 0 Å². The van der Waals surface area contributed by atoms with Crippen LogP contribution in [0.15, 0.2) is 18.2 Å². The third kappa shape index (κ3) is 4.24. The van der Waals surface area contributed by atoms with Crippen molar-refractivity contribution in [3.8, 4) is 0 Å². The van der Waals surface area contributed by atoms with Gasteiger partial charge in [-0.2, -0.15) is 0 Å². The molecule has 1 saturated heterocycles. The molecule has 1 aromatic carbocycles. The molecular weight excluding hydrogens is 307 g/mol. The maximum Gasteiger partial charge on any atom is 0.234 e. The number of piperidine rings is 1. The number of hydrogen-bond acceptors (Lipinski definition) is 3. The number of halogens is 2. The Morgan fingerprint density at radius 1 is 1.32 bits per heavy atom. The van der Waals surface area contributed by atoms with Gasteiger partial charge in [-0.25, -0.2) is 8.42 Å². The summed E-state index contributed by atoms with van der Waals surface area (Å²) in [5.41, 5.74) is 0.324. The fraction of sp³-hybridized carbons (Fsp3) is 0.500. The van der Waals surface area contributed by atoms with Crippen LogP contribution in [0, 0.1) is 0 Å². The molecule has 0 saturated carbocycles. The van der Waals surface area contributed by atoms with E-state index in [1.54, 1.807) is 18.2 Å². The van der Waals surface area contributed by atoms with Crippen LogP contribution in [-0.4, -0.2) is 26.8 Å². The zero-order chi connectivity index (χ0) is 13.9. The molecule has 1 atom stereocenters. The third-order valence-electron chi connectivity index (χ3n) is 3.05. The van der Waals surface area contributed by atoms with Crippen molar-refractivity contribution in [2.45, 2.75) is 25.3 Å². The van der Waals surface area contributed by atoms with Gasteiger partial charge in [-0.1, -0.05) is 35.7 Å². The lowest BCUT2D eigenvalue weighted by atomic mass is 10.1. The van der Waals surface area contributed by atoms with Crippen molar-refractivity contribution in [1.82, 2.24) is 5.32 Å². The molecule has 2 rings (SSSR count). The van der Waals surface area contributed by atoms with Gasteiger partial charge in [-0.3, -0.25) is 4.72 Å². The molecule has 2 N–H and O–H groups in total. The topological polar surface area (TPSA) is 58.2 Å². The highest BCUT2D eigenvalue weighted by molar-refractivity contribution is 7.92. The Morgan fingerprint density at radius 2 is 2.11 bits per heavy atom. The van der Waals surface area contributed by atoms with E-state index < -0.39 is 10.0 Å². The molecule has 0 bridgehead atoms. The number of benzene rings is 1. The average Bonchev–Trinajstić information content (AvgIpc) is 2.35. The Kier molecular flexibility index (Phi) is 4.95. The molecule has 1 heterocycles. The Balaban J connectivity index is 2.06. The van der Waals surface area contributed by atoms with Gasteiger partial charge in [0.05, 0.1) is 21.5 Å². The molecule has 106 valence electrons. The number of hydrogen-bond donors (Lipinski definition) is 2. The summed E-state index contributed by atoms with van der Waals surface area (Å²) >= 11 is 11.8. The molecule has 0 aromatic heterocycles. The first-order valence-electron chi connectivity index (χ1n) is 6.16. The SMILES string of the molecule is O=S(=O)(CC1CCCCN1)Nc1cccc(Cl)c1Cl. The number of nitrogens with one attached hydrogen (secondary N) is 2. The fourth-order valence-electron chi connectivity index (χ4n) is 2.12. The Bertz CT molecular complexity index is 543. The van der Waals surface area contributed by atoms with E-state index in [9.17, 15) is 8.42 Å². The van der Waals surface area contributed by atoms with Crippen molar-refractivity contribution in [3.63, 3.8) is 0 Å². The van der Waals surface area contributed by atoms with E-state index >= 15 is 0 Å². The van der Waals surface area contributed by atoms with Crippen LogP contribution in [-0.2, 0) is 10.0 Å². The van der Waals surface area contributed by atoms with Gasteiger partial charge in [0, 0.05) is 6.04 Å². The second kappa shape index (κ2) is 6.31. The minimum absolute atomic E-state index is 0.00390. The number of rotatable bonds is 4. The van der Waals surface area contributed by atoms with E-state index in [0.717, 1.165) is 25.8 Å². The van der Waals surface area contributed by atoms with Crippen LogP contribution in [0.1, 0.15) is 19.3 Å². The molecule has 1 aromatic rings. The Labute approximate surface area is 123 Å². The summed E-state index contributed by atoms with van der Waals surface area (Å²) in [7, 11) is -3.43. The number of sulfonamides is 1. The van der Waals surface area contributed by atoms with Crippen LogP contribution in [0.2, 0.25) is 10.0 Å². The molecule has 7 heteroatoms. The normalized spacial score (nSPS) is 20.2. The first kappa shape index (κ1) is 14.9. The summed E-state index contributed by atoms with van der Waals surface area (Å²) in [5, 5.41) is 3.77. The van der Waals surface area contributed by atoms with Crippen LogP contribution in [0.5, 0.6) is 0 Å². The van der Waals surface area contributed by atoms with Crippen LogP contribution in [0.3, 0.4) is 0 Å². The van der Waals surface area contributed by atoms with E-state index in [0.29, 0.717) is 10.7 Å². The lowest BCUT2D eigenvalue weighted by molar-refractivity contribution is 0.424. The fourth-order valence-corrected chi connectivity index (χ4v) is 3.93. The monoisotopic (exact) mass is 322 g/mol. The highest BCUT2D eigenvalue weighted by atomic mass is 35.5. The van der Waals surface area contributed by atoms with Crippen molar-refractivity contribution < 1.29 is 8.42 Å². The van der Waals surface area contributed by atoms with E-state index in [4.69, 9.17) is 23.2 Å². The van der Waals surface area contributed by atoms with Gasteiger partial charge in [0.1, 0.15) is 0 Å². The van der Waals surface area contributed by atoms with Crippen molar-refractivity contribution in [2.75, 3.05) is 17.0 Å². The maximum atomic E-state index is 12.1. The first-order valence-corrected chi connectivity index (χ1v) is 8.57. The van der Waals surface area contributed by atoms with Gasteiger partial charge >= 0.3 is 0 Å². The second-order valence-electron chi connectivity index (χ2n) is 4.63. The van der Waals surface area contributed by atoms with Crippen molar-refractivity contribution >= 4 is 38.9 Å². The predicted octanol–water partition coefficient (Wildman–Crippen LogP) is 2.88. The average molecular weight is 323 g/mol. The molecule has 0 radical (unpaired) electrons. The molecule has 0 aliphatic carbocycles. The van der Waals surface area contributed by atoms with Crippen LogP contribution < -0.4 is 10.0 Å². The molecule has 1 aliphatic rings. The summed E-state index contributed by atoms with van der Waals surface area (Å²) in [6.45, 7) is 0.873. The van der Waals surface area contributed by atoms with Crippen molar-refractivity contribution in [1.29, 1.82) is 0 Å². The van der Waals surface area contributed by atoms with Crippen LogP contribution in [0.4, 0.5) is 5.69 Å². The number of anilines is 1. The maximum absolute atomic E-state index is 12.1. The molecule has 0 spiro atoms. The molecule has 19 heavy (non-hydrogen) atoms. The van der Waals surface area contributed by atoms with Crippen LogP contribution >= 0.6 is 23.2 Å². The summed E-state index contributed by atoms with van der Waals surface area (Å²) in [6.07, 6.45) is 3.04. The molecule has 1 unspecified atom stereocenters. The summed E-state index contributed by atoms with van der Waals surface area (Å²) < 4.78 is 26.6. The summed E-state index contributed by atoms with van der Waals surface area (Å²) in [4.78, 5) is 0. The standard InChI is InChI=1S/C12H16Cl2N2O2S/c13-10-5-3-6-11(12(10)14)16-19(17,18)8-9-4-1-2-7-15-9/h3,5-6,9,15-16H,1-2,4,7-8H2. The van der Waals surface area contributed by atoms with Gasteiger partial charge in [0.15, 0.2) is 0 Å². The zero-order valence-electron chi connectivity index (χ0n) is 10.3. The lowest BCUT2D eigenvalue weighted by Crippen LogP contribution is -2.40. The molecule has 1 fully saturated rings. The highest BCUT2D eigenvalue weighted by Gasteiger charge is 2.21. The smallest absolute Gasteiger partial charge is 0.234 e. The molecule has 1 aliphatic heterocycles. The highest BCUT2D eigenvalue weighted by Crippen LogP contribution is 2.30. The Hall–Kier alpha value is -0.490. The minimum Gasteiger partial charge on any atom is -0.313 e. The van der Waals surface area contributed by atoms with E-state index in [2.05, 4.69) is 10.0 Å². The van der Waals surface area contributed by atoms with Crippen molar-refractivity contribution in [3.05, 3.63) is 28.2 Å². The quantitative estimate of drug-likeness (QED) is 0.896. The van der Waals surface area contributed by atoms with Crippen molar-refractivity contribution in [2.24, 2.45) is 0 Å². The first-order chi connectivity index (χ1) is 8.98. The Morgan fingerprint density at radius 3 is 2.79 bits per heavy atom. The summed E-state index contributed by atoms with van der Waals surface area (Å²) in [5.74, 6) is 0.0514. The zero-order valence-corrected chi connectivity index (χ0v) is 12.7. The predicted molar refractivity (Wildman–Crippen MR) is 79.5 cm³/mol. The van der Waals surface area contributed by atoms with Gasteiger partial charge in [-0.15, -0.1) is 0 Å². The largest absolute Gasteiger partial charge is 0.313 e. The molecule has 4 nitrogen and oxygen atoms in total. The van der Waals surface area contributed by atoms with Gasteiger partial charge < -0.3 is 5.32 Å². The second-order valence-corrected chi connectivity index (χ2v) is 7.18. The van der Waals surface area contributed by atoms with E-state index in [1.165, 1.54) is 0 Å². The lowest BCUT2D eigenvalue weighted by Gasteiger charge is -2.23. The summed E-state index contributed by atoms with van der Waals surface area (Å²) in [6, 6.07) is 4.87. The molecular formula is C12H16Cl2N2O2S. The van der Waals surface area contributed by atoms with Crippen LogP contribution in [0.25, 0.3) is 0 Å².